The van der Waals surface area contributed by atoms with Crippen LogP contribution in [0.2, 0.25) is 0 Å². The lowest BCUT2D eigenvalue weighted by Crippen LogP contribution is -2.48. The summed E-state index contributed by atoms with van der Waals surface area (Å²) in [7, 11) is 0. The van der Waals surface area contributed by atoms with Crippen molar-refractivity contribution in [2.24, 2.45) is 0 Å². The molecule has 0 saturated carbocycles. The highest BCUT2D eigenvalue weighted by Gasteiger charge is 2.37. The molecule has 2 heterocycles. The van der Waals surface area contributed by atoms with E-state index in [-0.39, 0.29) is 36.6 Å². The Labute approximate surface area is 138 Å². The number of benzene rings is 1. The van der Waals surface area contributed by atoms with Crippen LogP contribution in [0.4, 0.5) is 14.5 Å². The Morgan fingerprint density at radius 2 is 1.96 bits per heavy atom. The fourth-order valence-electron chi connectivity index (χ4n) is 2.96. The molecule has 2 N–H and O–H groups in total. The lowest BCUT2D eigenvalue weighted by molar-refractivity contribution is -0.127. The summed E-state index contributed by atoms with van der Waals surface area (Å²) >= 11 is 0. The van der Waals surface area contributed by atoms with Crippen LogP contribution in [0.25, 0.3) is 0 Å². The van der Waals surface area contributed by atoms with Gasteiger partial charge in [0.2, 0.25) is 11.8 Å². The van der Waals surface area contributed by atoms with Crippen LogP contribution >= 0.6 is 12.4 Å². The van der Waals surface area contributed by atoms with Gasteiger partial charge in [-0.05, 0) is 37.9 Å². The van der Waals surface area contributed by atoms with Gasteiger partial charge < -0.3 is 15.5 Å². The van der Waals surface area contributed by atoms with Crippen molar-refractivity contribution in [3.63, 3.8) is 0 Å². The van der Waals surface area contributed by atoms with Crippen LogP contribution in [-0.2, 0) is 9.59 Å². The highest BCUT2D eigenvalue weighted by atomic mass is 35.5. The third-order valence-corrected chi connectivity index (χ3v) is 4.11. The Hall–Kier alpha value is -1.73. The molecule has 3 rings (SSSR count). The predicted molar refractivity (Wildman–Crippen MR) is 83.5 cm³/mol. The number of hydrogen-bond donors (Lipinski definition) is 2. The predicted octanol–water partition coefficient (Wildman–Crippen LogP) is 1.36. The molecule has 0 aliphatic carbocycles. The second kappa shape index (κ2) is 7.23. The second-order valence-corrected chi connectivity index (χ2v) is 5.56. The molecule has 2 saturated heterocycles. The molecule has 2 aliphatic heterocycles. The average molecular weight is 346 g/mol. The fourth-order valence-corrected chi connectivity index (χ4v) is 2.96. The lowest BCUT2D eigenvalue weighted by atomic mass is 10.2. The number of nitrogens with zero attached hydrogens (tertiary/aromatic N) is 1. The molecule has 1 aromatic carbocycles. The average Bonchev–Trinajstić information content (AvgIpc) is 3.12. The summed E-state index contributed by atoms with van der Waals surface area (Å²) in [6.07, 6.45) is 1.99. The van der Waals surface area contributed by atoms with Gasteiger partial charge in [-0.1, -0.05) is 6.07 Å². The van der Waals surface area contributed by atoms with Gasteiger partial charge in [0.1, 0.15) is 23.4 Å². The summed E-state index contributed by atoms with van der Waals surface area (Å²) in [4.78, 5) is 25.4. The normalized spacial score (nSPS) is 23.7. The van der Waals surface area contributed by atoms with Gasteiger partial charge in [0.25, 0.3) is 0 Å². The topological polar surface area (TPSA) is 61.4 Å². The van der Waals surface area contributed by atoms with Crippen molar-refractivity contribution >= 4 is 29.9 Å². The van der Waals surface area contributed by atoms with E-state index in [9.17, 15) is 18.4 Å². The zero-order chi connectivity index (χ0) is 15.7. The van der Waals surface area contributed by atoms with Crippen LogP contribution in [0.5, 0.6) is 0 Å². The van der Waals surface area contributed by atoms with E-state index in [1.165, 1.54) is 6.07 Å². The molecular weight excluding hydrogens is 328 g/mol. The van der Waals surface area contributed by atoms with Crippen LogP contribution in [0.1, 0.15) is 19.3 Å². The smallest absolute Gasteiger partial charge is 0.249 e. The van der Waals surface area contributed by atoms with Crippen LogP contribution in [0.15, 0.2) is 18.2 Å². The van der Waals surface area contributed by atoms with Gasteiger partial charge in [0, 0.05) is 6.54 Å². The summed E-state index contributed by atoms with van der Waals surface area (Å²) in [6.45, 7) is 0.961. The number of hydrogen-bond acceptors (Lipinski definition) is 3. The Morgan fingerprint density at radius 1 is 1.26 bits per heavy atom. The first kappa shape index (κ1) is 17.6. The highest BCUT2D eigenvalue weighted by Crippen LogP contribution is 2.27. The van der Waals surface area contributed by atoms with Gasteiger partial charge in [-0.25, -0.2) is 8.78 Å². The van der Waals surface area contributed by atoms with E-state index in [1.807, 2.05) is 0 Å². The van der Waals surface area contributed by atoms with Gasteiger partial charge in [-0.3, -0.25) is 9.59 Å². The van der Waals surface area contributed by atoms with E-state index in [4.69, 9.17) is 0 Å². The van der Waals surface area contributed by atoms with E-state index < -0.39 is 23.6 Å². The summed E-state index contributed by atoms with van der Waals surface area (Å²) in [5.74, 6) is -2.27. The summed E-state index contributed by atoms with van der Waals surface area (Å²) in [5.41, 5.74) is -0.344. The molecule has 2 unspecified atom stereocenters. The molecule has 23 heavy (non-hydrogen) atoms. The molecule has 126 valence electrons. The Balaban J connectivity index is 0.00000192. The molecule has 8 heteroatoms. The van der Waals surface area contributed by atoms with Crippen LogP contribution < -0.4 is 15.5 Å². The Bertz CT molecular complexity index is 588. The van der Waals surface area contributed by atoms with Crippen molar-refractivity contribution in [1.82, 2.24) is 10.6 Å². The van der Waals surface area contributed by atoms with Crippen molar-refractivity contribution in [2.45, 2.75) is 31.3 Å². The van der Waals surface area contributed by atoms with E-state index in [1.54, 1.807) is 0 Å². The first-order chi connectivity index (χ1) is 10.6. The Morgan fingerprint density at radius 3 is 2.57 bits per heavy atom. The van der Waals surface area contributed by atoms with Crippen molar-refractivity contribution in [2.75, 3.05) is 18.0 Å². The zero-order valence-electron chi connectivity index (χ0n) is 12.4. The third kappa shape index (κ3) is 3.45. The maximum atomic E-state index is 13.8. The number of anilines is 1. The molecular formula is C15H18ClF2N3O2. The minimum atomic E-state index is -0.780. The maximum Gasteiger partial charge on any atom is 0.249 e. The minimum Gasteiger partial charge on any atom is -0.343 e. The van der Waals surface area contributed by atoms with E-state index in [2.05, 4.69) is 10.6 Å². The zero-order valence-corrected chi connectivity index (χ0v) is 13.2. The molecule has 0 aromatic heterocycles. The number of rotatable bonds is 3. The monoisotopic (exact) mass is 345 g/mol. The highest BCUT2D eigenvalue weighted by molar-refractivity contribution is 6.02. The molecule has 5 nitrogen and oxygen atoms in total. The van der Waals surface area contributed by atoms with Crippen molar-refractivity contribution < 1.29 is 18.4 Å². The van der Waals surface area contributed by atoms with Crippen molar-refractivity contribution in [1.29, 1.82) is 0 Å². The number of amides is 2. The Kier molecular flexibility index (Phi) is 5.54. The lowest BCUT2D eigenvalue weighted by Gasteiger charge is -2.19. The second-order valence-electron chi connectivity index (χ2n) is 5.56. The maximum absolute atomic E-state index is 13.8. The third-order valence-electron chi connectivity index (χ3n) is 4.11. The standard InChI is InChI=1S/C15H17F2N3O2.ClH/c16-9-3-1-4-10(17)13(9)20-8-6-12(15(20)22)19-14(21)11-5-2-7-18-11;/h1,3-4,11-12,18H,2,5-8H2,(H,19,21);1H. The van der Waals surface area contributed by atoms with Gasteiger partial charge >= 0.3 is 0 Å². The van der Waals surface area contributed by atoms with Gasteiger partial charge in [0.05, 0.1) is 6.04 Å². The van der Waals surface area contributed by atoms with Crippen LogP contribution in [-0.4, -0.2) is 37.0 Å². The molecule has 0 radical (unpaired) electrons. The molecule has 2 amide bonds. The largest absolute Gasteiger partial charge is 0.343 e. The summed E-state index contributed by atoms with van der Waals surface area (Å²) in [5, 5.41) is 5.72. The quantitative estimate of drug-likeness (QED) is 0.869. The van der Waals surface area contributed by atoms with Crippen LogP contribution in [0, 0.1) is 11.6 Å². The van der Waals surface area contributed by atoms with Gasteiger partial charge in [0.15, 0.2) is 0 Å². The molecule has 2 fully saturated rings. The number of carbonyl (C=O) groups is 2. The fraction of sp³-hybridized carbons (Fsp3) is 0.467. The molecule has 2 aliphatic rings. The summed E-state index contributed by atoms with van der Waals surface area (Å²) in [6, 6.07) is 2.46. The number of carbonyl (C=O) groups excluding carboxylic acids is 2. The molecule has 1 aromatic rings. The minimum absolute atomic E-state index is 0. The SMILES string of the molecule is Cl.O=C(NC1CCN(c2c(F)cccc2F)C1=O)C1CCCN1. The number of para-hydroxylation sites is 1. The van der Waals surface area contributed by atoms with E-state index in [0.29, 0.717) is 6.42 Å². The van der Waals surface area contributed by atoms with Crippen molar-refractivity contribution in [3.8, 4) is 0 Å². The first-order valence-electron chi connectivity index (χ1n) is 7.37. The molecule has 0 spiro atoms. The van der Waals surface area contributed by atoms with Crippen LogP contribution in [0.3, 0.4) is 0 Å². The van der Waals surface area contributed by atoms with Gasteiger partial charge in [-0.15, -0.1) is 12.4 Å². The molecule has 2 atom stereocenters. The first-order valence-corrected chi connectivity index (χ1v) is 7.37. The van der Waals surface area contributed by atoms with Gasteiger partial charge in [-0.2, -0.15) is 0 Å². The molecule has 0 bridgehead atoms. The van der Waals surface area contributed by atoms with E-state index in [0.717, 1.165) is 36.4 Å². The number of halogens is 3. The summed E-state index contributed by atoms with van der Waals surface area (Å²) < 4.78 is 27.6. The number of nitrogens with one attached hydrogen (secondary N) is 2. The van der Waals surface area contributed by atoms with Crippen molar-refractivity contribution in [3.05, 3.63) is 29.8 Å². The van der Waals surface area contributed by atoms with E-state index >= 15 is 0 Å².